The van der Waals surface area contributed by atoms with Crippen molar-refractivity contribution in [1.29, 1.82) is 0 Å². The third-order valence-corrected chi connectivity index (χ3v) is 7.03. The summed E-state index contributed by atoms with van der Waals surface area (Å²) in [7, 11) is 0. The van der Waals surface area contributed by atoms with Crippen molar-refractivity contribution in [3.8, 4) is 0 Å². The molecule has 1 saturated heterocycles. The van der Waals surface area contributed by atoms with Crippen molar-refractivity contribution in [2.45, 2.75) is 30.5 Å². The molecule has 4 aromatic rings. The fourth-order valence-corrected chi connectivity index (χ4v) is 4.79. The predicted octanol–water partition coefficient (Wildman–Crippen LogP) is 4.75. The first kappa shape index (κ1) is 31.6. The van der Waals surface area contributed by atoms with Crippen molar-refractivity contribution in [1.82, 2.24) is 0 Å². The Morgan fingerprint density at radius 2 is 0.935 bits per heavy atom. The fourth-order valence-electron chi connectivity index (χ4n) is 4.79. The van der Waals surface area contributed by atoms with Crippen molar-refractivity contribution >= 4 is 30.1 Å². The SMILES string of the molecule is O=C(OC[C@H]1O[C@@H](/C=N/O)[C@H](OC(=O)c2ccccc2)[C@@H](OC(=O)c2ccccc2)[C@@H]1OC(=O)c1ccccc1)c1ccccc1. The highest BCUT2D eigenvalue weighted by atomic mass is 16.7. The molecular weight excluding hydrogens is 594 g/mol. The molecule has 5 atom stereocenters. The van der Waals surface area contributed by atoms with Gasteiger partial charge in [-0.3, -0.25) is 0 Å². The lowest BCUT2D eigenvalue weighted by molar-refractivity contribution is -0.211. The van der Waals surface area contributed by atoms with E-state index in [1.165, 1.54) is 36.4 Å². The van der Waals surface area contributed by atoms with E-state index in [-0.39, 0.29) is 22.3 Å². The van der Waals surface area contributed by atoms with E-state index in [0.717, 1.165) is 6.21 Å². The van der Waals surface area contributed by atoms with E-state index < -0.39 is 61.0 Å². The van der Waals surface area contributed by atoms with Crippen molar-refractivity contribution in [2.75, 3.05) is 6.61 Å². The van der Waals surface area contributed by atoms with E-state index in [1.54, 1.807) is 84.9 Å². The molecule has 1 N–H and O–H groups in total. The van der Waals surface area contributed by atoms with E-state index in [9.17, 15) is 24.4 Å². The molecule has 0 amide bonds. The summed E-state index contributed by atoms with van der Waals surface area (Å²) in [5, 5.41) is 12.6. The normalized spacial score (nSPS) is 20.7. The highest BCUT2D eigenvalue weighted by Crippen LogP contribution is 2.30. The summed E-state index contributed by atoms with van der Waals surface area (Å²) >= 11 is 0. The molecule has 0 saturated carbocycles. The molecule has 0 aliphatic carbocycles. The van der Waals surface area contributed by atoms with Crippen LogP contribution in [0, 0.1) is 0 Å². The summed E-state index contributed by atoms with van der Waals surface area (Å²) in [5.74, 6) is -3.14. The topological polar surface area (TPSA) is 147 Å². The zero-order valence-electron chi connectivity index (χ0n) is 24.3. The van der Waals surface area contributed by atoms with Gasteiger partial charge in [0, 0.05) is 0 Å². The van der Waals surface area contributed by atoms with E-state index in [1.807, 2.05) is 0 Å². The van der Waals surface area contributed by atoms with Crippen LogP contribution < -0.4 is 0 Å². The molecule has 46 heavy (non-hydrogen) atoms. The standard InChI is InChI=1S/C35H29NO10/c37-32(23-13-5-1-6-14-23)42-22-28-30(45-34(39)25-17-9-3-10-18-25)31(46-35(40)26-19-11-4-12-20-26)29(27(43-28)21-36-41)44-33(38)24-15-7-2-8-16-24/h1-21,27-31,41H,22H2/b36-21+/t27-,28+,29-,30+,31+/m0/s1. The van der Waals surface area contributed by atoms with Crippen LogP contribution in [0.1, 0.15) is 41.4 Å². The Hall–Kier alpha value is -5.81. The first-order chi connectivity index (χ1) is 22.4. The molecule has 0 spiro atoms. The Labute approximate surface area is 263 Å². The Morgan fingerprint density at radius 3 is 1.35 bits per heavy atom. The van der Waals surface area contributed by atoms with Crippen LogP contribution in [0.5, 0.6) is 0 Å². The molecule has 11 heteroatoms. The van der Waals surface area contributed by atoms with Crippen LogP contribution in [-0.2, 0) is 23.7 Å². The van der Waals surface area contributed by atoms with Gasteiger partial charge in [-0.2, -0.15) is 0 Å². The minimum absolute atomic E-state index is 0.162. The molecular formula is C35H29NO10. The Kier molecular flexibility index (Phi) is 10.5. The van der Waals surface area contributed by atoms with Crippen LogP contribution in [0.25, 0.3) is 0 Å². The average Bonchev–Trinajstić information content (AvgIpc) is 3.11. The lowest BCUT2D eigenvalue weighted by Gasteiger charge is -2.43. The number of oxime groups is 1. The molecule has 1 heterocycles. The number of ether oxygens (including phenoxy) is 5. The van der Waals surface area contributed by atoms with Crippen molar-refractivity contribution in [2.24, 2.45) is 5.16 Å². The van der Waals surface area contributed by atoms with Gasteiger partial charge in [-0.25, -0.2) is 19.2 Å². The molecule has 0 unspecified atom stereocenters. The predicted molar refractivity (Wildman–Crippen MR) is 163 cm³/mol. The van der Waals surface area contributed by atoms with Gasteiger partial charge >= 0.3 is 23.9 Å². The van der Waals surface area contributed by atoms with Crippen LogP contribution in [0.4, 0.5) is 0 Å². The summed E-state index contributed by atoms with van der Waals surface area (Å²) in [6.07, 6.45) is -6.15. The molecule has 5 rings (SSSR count). The van der Waals surface area contributed by atoms with Crippen LogP contribution in [0.3, 0.4) is 0 Å². The number of carbonyl (C=O) groups is 4. The molecule has 11 nitrogen and oxygen atoms in total. The zero-order chi connectivity index (χ0) is 32.3. The van der Waals surface area contributed by atoms with Gasteiger partial charge in [0.15, 0.2) is 18.3 Å². The molecule has 234 valence electrons. The smallest absolute Gasteiger partial charge is 0.338 e. The summed E-state index contributed by atoms with van der Waals surface area (Å²) in [5.41, 5.74) is 0.764. The van der Waals surface area contributed by atoms with E-state index >= 15 is 0 Å². The number of rotatable bonds is 10. The van der Waals surface area contributed by atoms with Gasteiger partial charge in [0.25, 0.3) is 0 Å². The lowest BCUT2D eigenvalue weighted by Crippen LogP contribution is -2.63. The van der Waals surface area contributed by atoms with E-state index in [0.29, 0.717) is 0 Å². The van der Waals surface area contributed by atoms with Crippen LogP contribution >= 0.6 is 0 Å². The van der Waals surface area contributed by atoms with Gasteiger partial charge in [-0.05, 0) is 48.5 Å². The van der Waals surface area contributed by atoms with Gasteiger partial charge < -0.3 is 28.9 Å². The quantitative estimate of drug-likeness (QED) is 0.0863. The molecule has 1 aliphatic rings. The van der Waals surface area contributed by atoms with Gasteiger partial charge in [-0.15, -0.1) is 0 Å². The minimum atomic E-state index is -1.52. The fraction of sp³-hybridized carbons (Fsp3) is 0.171. The Balaban J connectivity index is 1.53. The second kappa shape index (κ2) is 15.3. The zero-order valence-corrected chi connectivity index (χ0v) is 24.3. The molecule has 0 aromatic heterocycles. The maximum Gasteiger partial charge on any atom is 0.338 e. The maximum atomic E-state index is 13.4. The molecule has 4 aromatic carbocycles. The molecule has 1 aliphatic heterocycles. The maximum absolute atomic E-state index is 13.4. The van der Waals surface area contributed by atoms with Crippen LogP contribution in [0.15, 0.2) is 126 Å². The van der Waals surface area contributed by atoms with Crippen molar-refractivity contribution in [3.63, 3.8) is 0 Å². The number of esters is 4. The Bertz CT molecular complexity index is 1650. The van der Waals surface area contributed by atoms with Gasteiger partial charge in [0.2, 0.25) is 0 Å². The lowest BCUT2D eigenvalue weighted by atomic mass is 9.94. The second-order valence-corrected chi connectivity index (χ2v) is 10.1. The van der Waals surface area contributed by atoms with Crippen LogP contribution in [-0.4, -0.2) is 72.4 Å². The monoisotopic (exact) mass is 623 g/mol. The number of benzene rings is 4. The average molecular weight is 624 g/mol. The molecule has 1 fully saturated rings. The number of nitrogens with zero attached hydrogens (tertiary/aromatic N) is 1. The highest BCUT2D eigenvalue weighted by molar-refractivity contribution is 5.92. The van der Waals surface area contributed by atoms with E-state index in [2.05, 4.69) is 5.16 Å². The van der Waals surface area contributed by atoms with Gasteiger partial charge in [0.05, 0.1) is 28.5 Å². The first-order valence-corrected chi connectivity index (χ1v) is 14.3. The minimum Gasteiger partial charge on any atom is -0.459 e. The number of hydrogen-bond donors (Lipinski definition) is 1. The number of carbonyl (C=O) groups excluding carboxylic acids is 4. The van der Waals surface area contributed by atoms with Gasteiger partial charge in [-0.1, -0.05) is 78.0 Å². The second-order valence-electron chi connectivity index (χ2n) is 10.1. The molecule has 0 radical (unpaired) electrons. The first-order valence-electron chi connectivity index (χ1n) is 14.3. The summed E-state index contributed by atoms with van der Waals surface area (Å²) in [6.45, 7) is -0.477. The van der Waals surface area contributed by atoms with Gasteiger partial charge in [0.1, 0.15) is 18.8 Å². The number of hydrogen-bond acceptors (Lipinski definition) is 11. The Morgan fingerprint density at radius 1 is 0.565 bits per heavy atom. The third kappa shape index (κ3) is 7.82. The summed E-state index contributed by atoms with van der Waals surface area (Å²) in [4.78, 5) is 52.9. The third-order valence-electron chi connectivity index (χ3n) is 7.03. The summed E-state index contributed by atoms with van der Waals surface area (Å²) < 4.78 is 29.2. The van der Waals surface area contributed by atoms with Crippen molar-refractivity contribution in [3.05, 3.63) is 144 Å². The van der Waals surface area contributed by atoms with Crippen LogP contribution in [0.2, 0.25) is 0 Å². The highest BCUT2D eigenvalue weighted by Gasteiger charge is 2.52. The van der Waals surface area contributed by atoms with Crippen molar-refractivity contribution < 1.29 is 48.1 Å². The summed E-state index contributed by atoms with van der Waals surface area (Å²) in [6, 6.07) is 32.2. The molecule has 0 bridgehead atoms. The van der Waals surface area contributed by atoms with E-state index in [4.69, 9.17) is 23.7 Å². The largest absolute Gasteiger partial charge is 0.459 e.